The van der Waals surface area contributed by atoms with E-state index in [1.807, 2.05) is 18.7 Å². The van der Waals surface area contributed by atoms with Crippen molar-refractivity contribution in [3.63, 3.8) is 0 Å². The van der Waals surface area contributed by atoms with E-state index in [0.29, 0.717) is 23.6 Å². The molecule has 1 aliphatic heterocycles. The van der Waals surface area contributed by atoms with Crippen LogP contribution in [0.1, 0.15) is 36.7 Å². The molecular weight excluding hydrogens is 226 g/mol. The van der Waals surface area contributed by atoms with Gasteiger partial charge in [0, 0.05) is 7.11 Å². The zero-order valence-electron chi connectivity index (χ0n) is 9.60. The SMILES string of the molecule is COCC(C)(N)c1noc(C2CCCS2)n1. The Hall–Kier alpha value is -0.590. The van der Waals surface area contributed by atoms with Gasteiger partial charge < -0.3 is 15.0 Å². The van der Waals surface area contributed by atoms with Gasteiger partial charge in [-0.15, -0.1) is 11.8 Å². The Labute approximate surface area is 99.1 Å². The summed E-state index contributed by atoms with van der Waals surface area (Å²) in [5, 5.41) is 4.29. The molecule has 0 aliphatic carbocycles. The third kappa shape index (κ3) is 2.39. The first kappa shape index (κ1) is 11.9. The number of nitrogens with two attached hydrogens (primary N) is 1. The van der Waals surface area contributed by atoms with Gasteiger partial charge in [0.05, 0.1) is 11.9 Å². The monoisotopic (exact) mass is 243 g/mol. The minimum Gasteiger partial charge on any atom is -0.382 e. The van der Waals surface area contributed by atoms with E-state index in [1.54, 1.807) is 7.11 Å². The summed E-state index contributed by atoms with van der Waals surface area (Å²) in [5.74, 6) is 2.39. The van der Waals surface area contributed by atoms with Gasteiger partial charge in [-0.3, -0.25) is 0 Å². The lowest BCUT2D eigenvalue weighted by molar-refractivity contribution is 0.135. The van der Waals surface area contributed by atoms with Crippen LogP contribution in [0.3, 0.4) is 0 Å². The molecule has 1 saturated heterocycles. The molecule has 1 aliphatic rings. The zero-order valence-corrected chi connectivity index (χ0v) is 10.4. The van der Waals surface area contributed by atoms with Crippen molar-refractivity contribution >= 4 is 11.8 Å². The normalized spacial score (nSPS) is 24.6. The first-order valence-corrected chi connectivity index (χ1v) is 6.42. The number of rotatable bonds is 4. The largest absolute Gasteiger partial charge is 0.382 e. The third-order valence-electron chi connectivity index (χ3n) is 2.60. The van der Waals surface area contributed by atoms with Crippen LogP contribution in [0.2, 0.25) is 0 Å². The summed E-state index contributed by atoms with van der Waals surface area (Å²) < 4.78 is 10.3. The van der Waals surface area contributed by atoms with Gasteiger partial charge >= 0.3 is 0 Å². The summed E-state index contributed by atoms with van der Waals surface area (Å²) >= 11 is 1.86. The molecule has 1 aromatic rings. The molecule has 0 radical (unpaired) electrons. The highest BCUT2D eigenvalue weighted by atomic mass is 32.2. The Morgan fingerprint density at radius 1 is 1.69 bits per heavy atom. The van der Waals surface area contributed by atoms with Crippen LogP contribution < -0.4 is 5.73 Å². The summed E-state index contributed by atoms with van der Waals surface area (Å²) in [4.78, 5) is 4.38. The van der Waals surface area contributed by atoms with Crippen LogP contribution in [0.25, 0.3) is 0 Å². The summed E-state index contributed by atoms with van der Waals surface area (Å²) in [7, 11) is 1.61. The predicted molar refractivity (Wildman–Crippen MR) is 62.1 cm³/mol. The second-order valence-electron chi connectivity index (χ2n) is 4.31. The van der Waals surface area contributed by atoms with E-state index in [0.717, 1.165) is 6.42 Å². The van der Waals surface area contributed by atoms with Crippen molar-refractivity contribution in [3.05, 3.63) is 11.7 Å². The van der Waals surface area contributed by atoms with Crippen molar-refractivity contribution in [3.8, 4) is 0 Å². The van der Waals surface area contributed by atoms with Crippen LogP contribution in [0, 0.1) is 0 Å². The maximum Gasteiger partial charge on any atom is 0.239 e. The van der Waals surface area contributed by atoms with E-state index < -0.39 is 5.54 Å². The fourth-order valence-corrected chi connectivity index (χ4v) is 2.92. The fourth-order valence-electron chi connectivity index (χ4n) is 1.73. The van der Waals surface area contributed by atoms with Crippen molar-refractivity contribution in [1.29, 1.82) is 0 Å². The zero-order chi connectivity index (χ0) is 11.6. The van der Waals surface area contributed by atoms with E-state index in [2.05, 4.69) is 10.1 Å². The van der Waals surface area contributed by atoms with Crippen molar-refractivity contribution < 1.29 is 9.26 Å². The number of ether oxygens (including phenoxy) is 1. The molecular formula is C10H17N3O2S. The molecule has 16 heavy (non-hydrogen) atoms. The standard InChI is InChI=1S/C10H17N3O2S/c1-10(11,6-14-2)9-12-8(15-13-9)7-4-3-5-16-7/h7H,3-6,11H2,1-2H3. The first-order valence-electron chi connectivity index (χ1n) is 5.37. The van der Waals surface area contributed by atoms with Crippen LogP contribution in [0.5, 0.6) is 0 Å². The maximum atomic E-state index is 6.04. The van der Waals surface area contributed by atoms with Gasteiger partial charge in [-0.25, -0.2) is 0 Å². The lowest BCUT2D eigenvalue weighted by Gasteiger charge is -2.18. The minimum atomic E-state index is -0.681. The highest BCUT2D eigenvalue weighted by molar-refractivity contribution is 7.99. The second-order valence-corrected chi connectivity index (χ2v) is 5.62. The van der Waals surface area contributed by atoms with Gasteiger partial charge in [-0.1, -0.05) is 5.16 Å². The van der Waals surface area contributed by atoms with Gasteiger partial charge in [-0.2, -0.15) is 4.98 Å². The number of thioether (sulfide) groups is 1. The minimum absolute atomic E-state index is 0.347. The fraction of sp³-hybridized carbons (Fsp3) is 0.800. The molecule has 0 aromatic carbocycles. The number of hydrogen-bond donors (Lipinski definition) is 1. The van der Waals surface area contributed by atoms with Gasteiger partial charge in [-0.05, 0) is 25.5 Å². The number of hydrogen-bond acceptors (Lipinski definition) is 6. The highest BCUT2D eigenvalue weighted by Gasteiger charge is 2.30. The van der Waals surface area contributed by atoms with E-state index in [9.17, 15) is 0 Å². The molecule has 2 heterocycles. The van der Waals surface area contributed by atoms with E-state index in [4.69, 9.17) is 15.0 Å². The predicted octanol–water partition coefficient (Wildman–Crippen LogP) is 1.46. The molecule has 2 atom stereocenters. The van der Waals surface area contributed by atoms with Gasteiger partial charge in [0.1, 0.15) is 5.54 Å². The van der Waals surface area contributed by atoms with E-state index in [-0.39, 0.29) is 0 Å². The summed E-state index contributed by atoms with van der Waals surface area (Å²) in [6.07, 6.45) is 2.32. The van der Waals surface area contributed by atoms with Crippen molar-refractivity contribution in [1.82, 2.24) is 10.1 Å². The third-order valence-corrected chi connectivity index (χ3v) is 3.97. The van der Waals surface area contributed by atoms with Crippen LogP contribution >= 0.6 is 11.8 Å². The molecule has 90 valence electrons. The van der Waals surface area contributed by atoms with E-state index >= 15 is 0 Å². The second kappa shape index (κ2) is 4.73. The Balaban J connectivity index is 2.12. The molecule has 2 N–H and O–H groups in total. The van der Waals surface area contributed by atoms with Gasteiger partial charge in [0.2, 0.25) is 5.89 Å². The molecule has 0 bridgehead atoms. The maximum absolute atomic E-state index is 6.04. The Kier molecular flexibility index (Phi) is 3.51. The van der Waals surface area contributed by atoms with Crippen molar-refractivity contribution in [2.45, 2.75) is 30.6 Å². The molecule has 1 fully saturated rings. The smallest absolute Gasteiger partial charge is 0.239 e. The number of aromatic nitrogens is 2. The van der Waals surface area contributed by atoms with Crippen LogP contribution in [-0.4, -0.2) is 29.6 Å². The molecule has 2 unspecified atom stereocenters. The van der Waals surface area contributed by atoms with Crippen molar-refractivity contribution in [2.75, 3.05) is 19.5 Å². The van der Waals surface area contributed by atoms with Gasteiger partial charge in [0.15, 0.2) is 5.82 Å². The van der Waals surface area contributed by atoms with Crippen LogP contribution in [0.15, 0.2) is 4.52 Å². The lowest BCUT2D eigenvalue weighted by Crippen LogP contribution is -2.39. The average Bonchev–Trinajstić information content (AvgIpc) is 2.89. The molecule has 6 heteroatoms. The molecule has 0 saturated carbocycles. The Bertz CT molecular complexity index is 348. The molecule has 1 aromatic heterocycles. The average molecular weight is 243 g/mol. The van der Waals surface area contributed by atoms with Gasteiger partial charge in [0.25, 0.3) is 0 Å². The molecule has 2 rings (SSSR count). The van der Waals surface area contributed by atoms with Crippen LogP contribution in [0.4, 0.5) is 0 Å². The molecule has 0 amide bonds. The highest BCUT2D eigenvalue weighted by Crippen LogP contribution is 2.39. The first-order chi connectivity index (χ1) is 7.63. The van der Waals surface area contributed by atoms with E-state index in [1.165, 1.54) is 12.2 Å². The Morgan fingerprint density at radius 2 is 2.50 bits per heavy atom. The molecule has 0 spiro atoms. The van der Waals surface area contributed by atoms with Crippen molar-refractivity contribution in [2.24, 2.45) is 5.73 Å². The Morgan fingerprint density at radius 3 is 3.12 bits per heavy atom. The number of methoxy groups -OCH3 is 1. The topological polar surface area (TPSA) is 74.2 Å². The molecule has 5 nitrogen and oxygen atoms in total. The number of nitrogens with zero attached hydrogens (tertiary/aromatic N) is 2. The summed E-state index contributed by atoms with van der Waals surface area (Å²) in [6, 6.07) is 0. The summed E-state index contributed by atoms with van der Waals surface area (Å²) in [6.45, 7) is 2.22. The quantitative estimate of drug-likeness (QED) is 0.863. The summed E-state index contributed by atoms with van der Waals surface area (Å²) in [5.41, 5.74) is 5.36. The lowest BCUT2D eigenvalue weighted by atomic mass is 10.1. The van der Waals surface area contributed by atoms with Crippen LogP contribution in [-0.2, 0) is 10.3 Å².